The third-order valence-corrected chi connectivity index (χ3v) is 5.15. The third kappa shape index (κ3) is 5.21. The van der Waals surface area contributed by atoms with Gasteiger partial charge in [0.2, 0.25) is 0 Å². The van der Waals surface area contributed by atoms with Crippen LogP contribution in [-0.4, -0.2) is 27.8 Å². The quantitative estimate of drug-likeness (QED) is 0.380. The van der Waals surface area contributed by atoms with Gasteiger partial charge >= 0.3 is 0 Å². The summed E-state index contributed by atoms with van der Waals surface area (Å²) in [5, 5.41) is 14.7. The molecule has 7 nitrogen and oxygen atoms in total. The van der Waals surface area contributed by atoms with Crippen molar-refractivity contribution in [3.05, 3.63) is 98.3 Å². The van der Waals surface area contributed by atoms with E-state index >= 15 is 0 Å². The molecule has 154 valence electrons. The summed E-state index contributed by atoms with van der Waals surface area (Å²) in [7, 11) is 1.67. The first-order valence-corrected chi connectivity index (χ1v) is 10.1. The fourth-order valence-corrected chi connectivity index (χ4v) is 3.30. The summed E-state index contributed by atoms with van der Waals surface area (Å²) in [5.41, 5.74) is 2.18. The molecule has 0 spiro atoms. The average molecular weight is 469 g/mol. The van der Waals surface area contributed by atoms with Gasteiger partial charge in [0.1, 0.15) is 5.69 Å². The Labute approximate surface area is 183 Å². The highest BCUT2D eigenvalue weighted by Gasteiger charge is 2.21. The molecule has 0 fully saturated rings. The molecule has 0 saturated heterocycles. The number of benzene rings is 2. The van der Waals surface area contributed by atoms with Crippen LogP contribution in [0.5, 0.6) is 0 Å². The number of nitrogens with one attached hydrogen (secondary N) is 1. The van der Waals surface area contributed by atoms with Gasteiger partial charge in [0.15, 0.2) is 0 Å². The van der Waals surface area contributed by atoms with E-state index in [9.17, 15) is 14.9 Å². The zero-order valence-electron chi connectivity index (χ0n) is 16.6. The van der Waals surface area contributed by atoms with E-state index in [1.165, 1.54) is 11.0 Å². The molecule has 8 heteroatoms. The number of carbonyl (C=O) groups excluding carboxylic acids is 1. The second kappa shape index (κ2) is 9.49. The van der Waals surface area contributed by atoms with Gasteiger partial charge in [-0.15, -0.1) is 0 Å². The van der Waals surface area contributed by atoms with E-state index < -0.39 is 4.92 Å². The lowest BCUT2D eigenvalue weighted by atomic mass is 10.1. The fourth-order valence-electron chi connectivity index (χ4n) is 3.03. The first-order chi connectivity index (χ1) is 14.3. The van der Waals surface area contributed by atoms with Gasteiger partial charge in [-0.3, -0.25) is 19.9 Å². The maximum absolute atomic E-state index is 12.8. The largest absolute Gasteiger partial charge is 0.371 e. The highest BCUT2D eigenvalue weighted by Crippen LogP contribution is 2.29. The number of aromatic nitrogens is 1. The number of anilines is 1. The molecular weight excluding hydrogens is 448 g/mol. The molecule has 2 aromatic carbocycles. The van der Waals surface area contributed by atoms with Crippen LogP contribution in [0, 0.1) is 10.1 Å². The molecule has 0 saturated carbocycles. The standard InChI is InChI=1S/C22H21BrN4O3/c1-15(19-5-3-4-12-24-19)25-20-11-8-17(13-21(20)27(29)30)22(28)26(2)14-16-6-9-18(23)10-7-16/h3-13,15,25H,14H2,1-2H3. The molecule has 0 aliphatic carbocycles. The van der Waals surface area contributed by atoms with Gasteiger partial charge in [-0.1, -0.05) is 34.1 Å². The molecule has 0 aliphatic rings. The van der Waals surface area contributed by atoms with Crippen LogP contribution >= 0.6 is 15.9 Å². The Bertz CT molecular complexity index is 1040. The van der Waals surface area contributed by atoms with E-state index in [-0.39, 0.29) is 23.2 Å². The first-order valence-electron chi connectivity index (χ1n) is 9.31. The number of halogens is 1. The van der Waals surface area contributed by atoms with E-state index in [0.717, 1.165) is 15.7 Å². The Hall–Kier alpha value is -3.26. The van der Waals surface area contributed by atoms with Crippen molar-refractivity contribution in [1.82, 2.24) is 9.88 Å². The minimum atomic E-state index is -0.487. The van der Waals surface area contributed by atoms with Crippen LogP contribution in [0.1, 0.15) is 34.6 Å². The van der Waals surface area contributed by atoms with Crippen LogP contribution in [0.2, 0.25) is 0 Å². The Morgan fingerprint density at radius 2 is 1.93 bits per heavy atom. The number of carbonyl (C=O) groups is 1. The summed E-state index contributed by atoms with van der Waals surface area (Å²) < 4.78 is 0.957. The highest BCUT2D eigenvalue weighted by molar-refractivity contribution is 9.10. The molecule has 0 aliphatic heterocycles. The molecule has 0 radical (unpaired) electrons. The van der Waals surface area contributed by atoms with E-state index in [2.05, 4.69) is 26.2 Å². The summed E-state index contributed by atoms with van der Waals surface area (Å²) in [4.78, 5) is 29.8. The van der Waals surface area contributed by atoms with Gasteiger partial charge < -0.3 is 10.2 Å². The maximum Gasteiger partial charge on any atom is 0.293 e. The minimum absolute atomic E-state index is 0.152. The predicted octanol–water partition coefficient (Wildman–Crippen LogP) is 5.20. The van der Waals surface area contributed by atoms with E-state index in [1.54, 1.807) is 25.4 Å². The summed E-state index contributed by atoms with van der Waals surface area (Å²) in [6.45, 7) is 2.27. The number of amides is 1. The number of rotatable bonds is 7. The van der Waals surface area contributed by atoms with Crippen molar-refractivity contribution < 1.29 is 9.72 Å². The molecule has 3 aromatic rings. The third-order valence-electron chi connectivity index (χ3n) is 4.62. The number of pyridine rings is 1. The topological polar surface area (TPSA) is 88.4 Å². The normalized spacial score (nSPS) is 11.6. The van der Waals surface area contributed by atoms with Crippen LogP contribution in [0.15, 0.2) is 71.3 Å². The lowest BCUT2D eigenvalue weighted by Gasteiger charge is -2.18. The van der Waals surface area contributed by atoms with Crippen molar-refractivity contribution in [3.63, 3.8) is 0 Å². The lowest BCUT2D eigenvalue weighted by Crippen LogP contribution is -2.26. The molecular formula is C22H21BrN4O3. The Morgan fingerprint density at radius 3 is 2.57 bits per heavy atom. The van der Waals surface area contributed by atoms with Gasteiger partial charge in [-0.05, 0) is 48.9 Å². The number of nitrogens with zero attached hydrogens (tertiary/aromatic N) is 3. The number of hydrogen-bond donors (Lipinski definition) is 1. The van der Waals surface area contributed by atoms with Crippen LogP contribution < -0.4 is 5.32 Å². The van der Waals surface area contributed by atoms with Crippen molar-refractivity contribution in [2.24, 2.45) is 0 Å². The van der Waals surface area contributed by atoms with E-state index in [4.69, 9.17) is 0 Å². The van der Waals surface area contributed by atoms with Crippen LogP contribution in [-0.2, 0) is 6.54 Å². The zero-order valence-corrected chi connectivity index (χ0v) is 18.2. The number of nitro groups is 1. The van der Waals surface area contributed by atoms with Gasteiger partial charge in [-0.25, -0.2) is 0 Å². The molecule has 1 N–H and O–H groups in total. The summed E-state index contributed by atoms with van der Waals surface area (Å²) in [6, 6.07) is 17.4. The molecule has 3 rings (SSSR count). The van der Waals surface area contributed by atoms with Crippen LogP contribution in [0.25, 0.3) is 0 Å². The molecule has 1 unspecified atom stereocenters. The van der Waals surface area contributed by atoms with E-state index in [1.807, 2.05) is 49.4 Å². The monoisotopic (exact) mass is 468 g/mol. The second-order valence-corrected chi connectivity index (χ2v) is 7.81. The SMILES string of the molecule is CC(Nc1ccc(C(=O)N(C)Cc2ccc(Br)cc2)cc1[N+](=O)[O-])c1ccccn1. The number of hydrogen-bond acceptors (Lipinski definition) is 5. The molecule has 1 atom stereocenters. The van der Waals surface area contributed by atoms with Gasteiger partial charge in [0.25, 0.3) is 11.6 Å². The summed E-state index contributed by atoms with van der Waals surface area (Å²) in [6.07, 6.45) is 1.67. The van der Waals surface area contributed by atoms with Crippen molar-refractivity contribution in [2.45, 2.75) is 19.5 Å². The maximum atomic E-state index is 12.8. The first kappa shape index (κ1) is 21.4. The average Bonchev–Trinajstić information content (AvgIpc) is 2.75. The van der Waals surface area contributed by atoms with Crippen molar-refractivity contribution >= 4 is 33.2 Å². The second-order valence-electron chi connectivity index (χ2n) is 6.90. The van der Waals surface area contributed by atoms with Crippen LogP contribution in [0.3, 0.4) is 0 Å². The predicted molar refractivity (Wildman–Crippen MR) is 119 cm³/mol. The smallest absolute Gasteiger partial charge is 0.293 e. The van der Waals surface area contributed by atoms with Crippen molar-refractivity contribution in [3.8, 4) is 0 Å². The van der Waals surface area contributed by atoms with Crippen LogP contribution in [0.4, 0.5) is 11.4 Å². The molecule has 1 heterocycles. The van der Waals surface area contributed by atoms with E-state index in [0.29, 0.717) is 12.2 Å². The fraction of sp³-hybridized carbons (Fsp3) is 0.182. The van der Waals surface area contributed by atoms with Gasteiger partial charge in [0, 0.05) is 35.9 Å². The number of nitro benzene ring substituents is 1. The Kier molecular flexibility index (Phi) is 6.79. The highest BCUT2D eigenvalue weighted by atomic mass is 79.9. The Morgan fingerprint density at radius 1 is 1.20 bits per heavy atom. The summed E-state index contributed by atoms with van der Waals surface area (Å²) in [5.74, 6) is -0.287. The molecule has 1 aromatic heterocycles. The zero-order chi connectivity index (χ0) is 21.7. The van der Waals surface area contributed by atoms with Gasteiger partial charge in [0.05, 0.1) is 16.7 Å². The minimum Gasteiger partial charge on any atom is -0.371 e. The lowest BCUT2D eigenvalue weighted by molar-refractivity contribution is -0.384. The molecule has 1 amide bonds. The molecule has 0 bridgehead atoms. The van der Waals surface area contributed by atoms with Crippen molar-refractivity contribution in [2.75, 3.05) is 12.4 Å². The summed E-state index contributed by atoms with van der Waals surface area (Å²) >= 11 is 3.38. The van der Waals surface area contributed by atoms with Gasteiger partial charge in [-0.2, -0.15) is 0 Å². The van der Waals surface area contributed by atoms with Crippen molar-refractivity contribution in [1.29, 1.82) is 0 Å². The molecule has 30 heavy (non-hydrogen) atoms. The Balaban J connectivity index is 1.79.